The smallest absolute Gasteiger partial charge is 0.256 e. The number of hydrogen-bond acceptors (Lipinski definition) is 2. The number of halogens is 3. The van der Waals surface area contributed by atoms with E-state index in [1.54, 1.807) is 31.2 Å². The molecule has 2 rings (SSSR count). The average molecular weight is 426 g/mol. The van der Waals surface area contributed by atoms with E-state index in [0.717, 1.165) is 4.57 Å². The molecule has 0 fully saturated rings. The molecule has 1 aromatic heterocycles. The van der Waals surface area contributed by atoms with Gasteiger partial charge >= 0.3 is 0 Å². The van der Waals surface area contributed by atoms with Crippen LogP contribution in [0.25, 0.3) is 11.3 Å². The predicted molar refractivity (Wildman–Crippen MR) is 84.9 cm³/mol. The van der Waals surface area contributed by atoms with Gasteiger partial charge in [-0.05, 0) is 19.1 Å². The molecule has 1 radical (unpaired) electrons. The third kappa shape index (κ3) is 5.41. The Bertz CT molecular complexity index is 795. The van der Waals surface area contributed by atoms with Crippen LogP contribution in [0.1, 0.15) is 6.92 Å². The maximum absolute atomic E-state index is 12.7. The first kappa shape index (κ1) is 20.8. The first-order chi connectivity index (χ1) is 11.0. The van der Waals surface area contributed by atoms with E-state index < -0.39 is 18.5 Å². The number of alkyl halides is 2. The summed E-state index contributed by atoms with van der Waals surface area (Å²) in [6, 6.07) is 10.7. The minimum absolute atomic E-state index is 0. The Morgan fingerprint density at radius 2 is 2.00 bits per heavy atom. The normalized spacial score (nSPS) is 9.88. The van der Waals surface area contributed by atoms with Crippen LogP contribution in [0.4, 0.5) is 8.78 Å². The Hall–Kier alpha value is -1.22. The van der Waals surface area contributed by atoms with E-state index in [1.165, 1.54) is 6.07 Å². The summed E-state index contributed by atoms with van der Waals surface area (Å²) in [6.45, 7) is 1.24. The second kappa shape index (κ2) is 9.93. The molecule has 2 aromatic rings. The van der Waals surface area contributed by atoms with Gasteiger partial charge in [0, 0.05) is 37.7 Å². The van der Waals surface area contributed by atoms with Gasteiger partial charge in [0.05, 0.1) is 6.54 Å². The Kier molecular flexibility index (Phi) is 8.62. The molecular formula is C17H13ClF2NO2Y-. The van der Waals surface area contributed by atoms with E-state index in [4.69, 9.17) is 16.3 Å². The molecule has 0 aliphatic carbocycles. The Morgan fingerprint density at radius 3 is 2.58 bits per heavy atom. The monoisotopic (exact) mass is 425 g/mol. The molecule has 24 heavy (non-hydrogen) atoms. The van der Waals surface area contributed by atoms with Crippen molar-refractivity contribution in [1.82, 2.24) is 4.57 Å². The van der Waals surface area contributed by atoms with E-state index in [9.17, 15) is 13.6 Å². The zero-order chi connectivity index (χ0) is 16.8. The minimum atomic E-state index is -2.67. The van der Waals surface area contributed by atoms with Crippen molar-refractivity contribution in [2.24, 2.45) is 0 Å². The van der Waals surface area contributed by atoms with Gasteiger partial charge in [0.15, 0.2) is 0 Å². The molecule has 0 atom stereocenters. The average Bonchev–Trinajstić information content (AvgIpc) is 2.53. The summed E-state index contributed by atoms with van der Waals surface area (Å²) in [7, 11) is 0. The van der Waals surface area contributed by atoms with Crippen molar-refractivity contribution < 1.29 is 46.2 Å². The van der Waals surface area contributed by atoms with Crippen LogP contribution in [0.5, 0.6) is 5.75 Å². The SMILES string of the molecule is CC#CCOc1ccc(-c2[c-]cc(Cl)c(=O)n2CC(F)F)cc1.[Y]. The number of hydrogen-bond donors (Lipinski definition) is 0. The number of ether oxygens (including phenoxy) is 1. The van der Waals surface area contributed by atoms with Gasteiger partial charge in [-0.1, -0.05) is 17.2 Å². The maximum Gasteiger partial charge on any atom is 0.256 e. The molecule has 0 amide bonds. The first-order valence-electron chi connectivity index (χ1n) is 6.75. The van der Waals surface area contributed by atoms with E-state index >= 15 is 0 Å². The zero-order valence-corrected chi connectivity index (χ0v) is 16.4. The van der Waals surface area contributed by atoms with Gasteiger partial charge in [0.25, 0.3) is 6.43 Å². The Morgan fingerprint density at radius 1 is 1.33 bits per heavy atom. The van der Waals surface area contributed by atoms with Gasteiger partial charge in [-0.15, -0.1) is 18.1 Å². The molecule has 0 aliphatic rings. The maximum atomic E-state index is 12.7. The van der Waals surface area contributed by atoms with Crippen LogP contribution >= 0.6 is 11.6 Å². The zero-order valence-electron chi connectivity index (χ0n) is 12.9. The minimum Gasteiger partial charge on any atom is -0.481 e. The molecule has 0 saturated carbocycles. The van der Waals surface area contributed by atoms with Gasteiger partial charge in [-0.25, -0.2) is 8.78 Å². The van der Waals surface area contributed by atoms with E-state index in [0.29, 0.717) is 11.3 Å². The van der Waals surface area contributed by atoms with Crippen LogP contribution in [-0.2, 0) is 39.3 Å². The van der Waals surface area contributed by atoms with Crippen molar-refractivity contribution in [2.45, 2.75) is 19.9 Å². The first-order valence-corrected chi connectivity index (χ1v) is 7.12. The number of nitrogens with zero attached hydrogens (tertiary/aromatic N) is 1. The van der Waals surface area contributed by atoms with Crippen molar-refractivity contribution in [2.75, 3.05) is 6.61 Å². The molecule has 0 N–H and O–H groups in total. The van der Waals surface area contributed by atoms with E-state index in [2.05, 4.69) is 17.9 Å². The topological polar surface area (TPSA) is 31.2 Å². The van der Waals surface area contributed by atoms with Gasteiger partial charge in [0.1, 0.15) is 12.4 Å². The van der Waals surface area contributed by atoms with Crippen molar-refractivity contribution >= 4 is 11.6 Å². The standard InChI is InChI=1S/C17H13ClF2NO2.Y/c1-2-3-10-23-13-6-4-12(5-7-13)15-9-8-14(18)17(22)21(15)11-16(19)20;/h4-8,16H,10-11H2,1H3;/q-1;. The summed E-state index contributed by atoms with van der Waals surface area (Å²) >= 11 is 5.71. The summed E-state index contributed by atoms with van der Waals surface area (Å²) in [5.41, 5.74) is 0.146. The molecule has 0 unspecified atom stereocenters. The molecule has 0 spiro atoms. The van der Waals surface area contributed by atoms with Crippen molar-refractivity contribution in [3.63, 3.8) is 0 Å². The van der Waals surface area contributed by atoms with E-state index in [-0.39, 0.29) is 50.0 Å². The number of benzene rings is 1. The molecule has 7 heteroatoms. The fourth-order valence-electron chi connectivity index (χ4n) is 1.95. The van der Waals surface area contributed by atoms with Crippen LogP contribution in [-0.4, -0.2) is 17.6 Å². The number of aromatic nitrogens is 1. The Labute approximate surface area is 168 Å². The molecule has 1 aromatic carbocycles. The summed E-state index contributed by atoms with van der Waals surface area (Å²) in [5.74, 6) is 6.07. The van der Waals surface area contributed by atoms with Crippen LogP contribution in [0.3, 0.4) is 0 Å². The van der Waals surface area contributed by atoms with Crippen molar-refractivity contribution in [3.05, 3.63) is 51.8 Å². The second-order valence-electron chi connectivity index (χ2n) is 4.53. The summed E-state index contributed by atoms with van der Waals surface area (Å²) < 4.78 is 31.7. The molecule has 3 nitrogen and oxygen atoms in total. The summed E-state index contributed by atoms with van der Waals surface area (Å²) in [5, 5.41) is -0.146. The van der Waals surface area contributed by atoms with Gasteiger partial charge in [-0.2, -0.15) is 23.7 Å². The quantitative estimate of drug-likeness (QED) is 0.541. The van der Waals surface area contributed by atoms with Gasteiger partial charge < -0.3 is 9.30 Å². The molecule has 0 saturated heterocycles. The van der Waals surface area contributed by atoms with Crippen molar-refractivity contribution in [3.8, 4) is 28.8 Å². The fourth-order valence-corrected chi connectivity index (χ4v) is 2.11. The predicted octanol–water partition coefficient (Wildman–Crippen LogP) is 3.63. The molecular weight excluding hydrogens is 413 g/mol. The molecule has 1 heterocycles. The number of rotatable bonds is 5. The largest absolute Gasteiger partial charge is 0.481 e. The van der Waals surface area contributed by atoms with Crippen LogP contribution in [0, 0.1) is 17.9 Å². The molecule has 123 valence electrons. The van der Waals surface area contributed by atoms with Crippen molar-refractivity contribution in [1.29, 1.82) is 0 Å². The third-order valence-corrected chi connectivity index (χ3v) is 3.26. The fraction of sp³-hybridized carbons (Fsp3) is 0.235. The van der Waals surface area contributed by atoms with Crippen LogP contribution < -0.4 is 10.3 Å². The second-order valence-corrected chi connectivity index (χ2v) is 4.94. The third-order valence-electron chi connectivity index (χ3n) is 2.99. The van der Waals surface area contributed by atoms with E-state index in [1.807, 2.05) is 0 Å². The number of pyridine rings is 1. The molecule has 0 aliphatic heterocycles. The van der Waals surface area contributed by atoms with Crippen LogP contribution in [0.15, 0.2) is 35.1 Å². The summed E-state index contributed by atoms with van der Waals surface area (Å²) in [4.78, 5) is 12.0. The summed E-state index contributed by atoms with van der Waals surface area (Å²) in [6.07, 6.45) is -2.67. The van der Waals surface area contributed by atoms with Gasteiger partial charge in [-0.3, -0.25) is 4.79 Å². The Balaban J connectivity index is 0.00000288. The van der Waals surface area contributed by atoms with Gasteiger partial charge in [0.2, 0.25) is 5.56 Å². The molecule has 0 bridgehead atoms. The van der Waals surface area contributed by atoms with Crippen LogP contribution in [0.2, 0.25) is 5.02 Å².